The van der Waals surface area contributed by atoms with Crippen LogP contribution in [0.5, 0.6) is 0 Å². The van der Waals surface area contributed by atoms with Crippen LogP contribution in [0, 0.1) is 0 Å². The molecule has 1 heterocycles. The summed E-state index contributed by atoms with van der Waals surface area (Å²) in [5.41, 5.74) is -0.132. The van der Waals surface area contributed by atoms with Gasteiger partial charge < -0.3 is 14.6 Å². The van der Waals surface area contributed by atoms with Crippen molar-refractivity contribution in [3.63, 3.8) is 0 Å². The monoisotopic (exact) mass is 266 g/mol. The molecule has 0 aliphatic carbocycles. The Bertz CT molecular complexity index is 383. The van der Waals surface area contributed by atoms with E-state index < -0.39 is 12.7 Å². The summed E-state index contributed by atoms with van der Waals surface area (Å²) in [5.74, 6) is 0.258. The third kappa shape index (κ3) is 5.35. The third-order valence-electron chi connectivity index (χ3n) is 1.97. The van der Waals surface area contributed by atoms with Gasteiger partial charge in [-0.1, -0.05) is 5.10 Å². The summed E-state index contributed by atoms with van der Waals surface area (Å²) in [4.78, 5) is 0.869. The zero-order chi connectivity index (χ0) is 14.0. The van der Waals surface area contributed by atoms with Gasteiger partial charge in [-0.05, 0) is 20.8 Å². The third-order valence-corrected chi connectivity index (χ3v) is 1.97. The van der Waals surface area contributed by atoms with Crippen molar-refractivity contribution in [3.05, 3.63) is 5.89 Å². The van der Waals surface area contributed by atoms with Crippen LogP contribution >= 0.6 is 0 Å². The highest BCUT2D eigenvalue weighted by molar-refractivity contribution is 5.22. The summed E-state index contributed by atoms with van der Waals surface area (Å²) < 4.78 is 41.6. The number of nitrogens with one attached hydrogen (secondary N) is 1. The molecular weight excluding hydrogens is 249 g/mol. The molecule has 104 valence electrons. The quantitative estimate of drug-likeness (QED) is 0.902. The fraction of sp³-hybridized carbons (Fsp3) is 0.800. The molecule has 0 fully saturated rings. The van der Waals surface area contributed by atoms with Crippen molar-refractivity contribution in [2.75, 3.05) is 18.5 Å². The van der Waals surface area contributed by atoms with Gasteiger partial charge in [0, 0.05) is 12.6 Å². The first-order valence-electron chi connectivity index (χ1n) is 5.42. The van der Waals surface area contributed by atoms with E-state index in [1.165, 1.54) is 7.05 Å². The van der Waals surface area contributed by atoms with Crippen LogP contribution in [0.2, 0.25) is 0 Å². The molecule has 1 aromatic heterocycles. The van der Waals surface area contributed by atoms with E-state index in [9.17, 15) is 13.2 Å². The second-order valence-electron chi connectivity index (χ2n) is 5.05. The van der Waals surface area contributed by atoms with Crippen molar-refractivity contribution in [1.29, 1.82) is 0 Å². The van der Waals surface area contributed by atoms with E-state index in [0.717, 1.165) is 4.90 Å². The van der Waals surface area contributed by atoms with Gasteiger partial charge in [-0.2, -0.15) is 13.2 Å². The van der Waals surface area contributed by atoms with Gasteiger partial charge in [-0.25, -0.2) is 0 Å². The summed E-state index contributed by atoms with van der Waals surface area (Å²) in [5, 5.41) is 10.4. The number of hydrogen-bond acceptors (Lipinski definition) is 5. The molecule has 0 saturated heterocycles. The lowest BCUT2D eigenvalue weighted by atomic mass is 10.1. The minimum atomic E-state index is -4.30. The van der Waals surface area contributed by atoms with E-state index in [1.54, 1.807) is 0 Å². The van der Waals surface area contributed by atoms with E-state index >= 15 is 0 Å². The molecule has 1 rings (SSSR count). The highest BCUT2D eigenvalue weighted by Crippen LogP contribution is 2.19. The maximum Gasteiger partial charge on any atom is 0.406 e. The number of hydrogen-bond donors (Lipinski definition) is 1. The molecule has 0 saturated carbocycles. The molecule has 1 aromatic rings. The topological polar surface area (TPSA) is 54.2 Å². The van der Waals surface area contributed by atoms with Gasteiger partial charge in [0.1, 0.15) is 6.54 Å². The maximum atomic E-state index is 12.2. The van der Waals surface area contributed by atoms with Crippen LogP contribution in [-0.2, 0) is 6.54 Å². The molecule has 0 bridgehead atoms. The first-order chi connectivity index (χ1) is 8.07. The molecule has 0 spiro atoms. The zero-order valence-corrected chi connectivity index (χ0v) is 10.8. The minimum absolute atomic E-state index is 0.132. The SMILES string of the molecule is CN(CC(F)(F)F)c1nnc(CNC(C)(C)C)o1. The lowest BCUT2D eigenvalue weighted by Crippen LogP contribution is -2.35. The Balaban J connectivity index is 2.58. The first-order valence-corrected chi connectivity index (χ1v) is 5.42. The molecule has 0 aliphatic rings. The van der Waals surface area contributed by atoms with E-state index in [4.69, 9.17) is 4.42 Å². The highest BCUT2D eigenvalue weighted by atomic mass is 19.4. The van der Waals surface area contributed by atoms with Gasteiger partial charge >= 0.3 is 12.2 Å². The van der Waals surface area contributed by atoms with Gasteiger partial charge in [0.2, 0.25) is 5.89 Å². The molecule has 0 unspecified atom stereocenters. The van der Waals surface area contributed by atoms with Crippen LogP contribution < -0.4 is 10.2 Å². The molecule has 1 N–H and O–H groups in total. The van der Waals surface area contributed by atoms with Crippen molar-refractivity contribution in [1.82, 2.24) is 15.5 Å². The van der Waals surface area contributed by atoms with Crippen LogP contribution in [0.3, 0.4) is 0 Å². The van der Waals surface area contributed by atoms with Crippen LogP contribution in [-0.4, -0.2) is 35.5 Å². The average molecular weight is 266 g/mol. The van der Waals surface area contributed by atoms with Gasteiger partial charge in [0.15, 0.2) is 0 Å². The Kier molecular flexibility index (Phi) is 4.20. The normalized spacial score (nSPS) is 12.8. The second-order valence-corrected chi connectivity index (χ2v) is 5.05. The smallest absolute Gasteiger partial charge is 0.406 e. The summed E-state index contributed by atoms with van der Waals surface area (Å²) in [6.07, 6.45) is -4.30. The van der Waals surface area contributed by atoms with Gasteiger partial charge in [0.25, 0.3) is 0 Å². The van der Waals surface area contributed by atoms with Crippen LogP contribution in [0.1, 0.15) is 26.7 Å². The number of nitrogens with zero attached hydrogens (tertiary/aromatic N) is 3. The van der Waals surface area contributed by atoms with Crippen molar-refractivity contribution in [3.8, 4) is 0 Å². The summed E-state index contributed by atoms with van der Waals surface area (Å²) in [6, 6.07) is -0.141. The molecule has 0 aromatic carbocycles. The maximum absolute atomic E-state index is 12.2. The van der Waals surface area contributed by atoms with Crippen LogP contribution in [0.15, 0.2) is 4.42 Å². The molecule has 0 atom stereocenters. The first kappa shape index (κ1) is 14.7. The average Bonchev–Trinajstić information content (AvgIpc) is 2.58. The summed E-state index contributed by atoms with van der Waals surface area (Å²) in [6.45, 7) is 5.07. The molecule has 8 heteroatoms. The number of rotatable bonds is 4. The standard InChI is InChI=1S/C10H17F3N4O/c1-9(2,3)14-5-7-15-16-8(18-7)17(4)6-10(11,12)13/h14H,5-6H2,1-4H3. The number of halogens is 3. The molecule has 0 amide bonds. The number of anilines is 1. The zero-order valence-electron chi connectivity index (χ0n) is 10.8. The van der Waals surface area contributed by atoms with Crippen LogP contribution in [0.25, 0.3) is 0 Å². The van der Waals surface area contributed by atoms with E-state index in [2.05, 4.69) is 15.5 Å². The Morgan fingerprint density at radius 3 is 2.33 bits per heavy atom. The van der Waals surface area contributed by atoms with E-state index in [0.29, 0.717) is 6.54 Å². The summed E-state index contributed by atoms with van der Waals surface area (Å²) >= 11 is 0. The summed E-state index contributed by atoms with van der Waals surface area (Å²) in [7, 11) is 1.25. The van der Waals surface area contributed by atoms with Crippen LogP contribution in [0.4, 0.5) is 19.2 Å². The Morgan fingerprint density at radius 1 is 1.22 bits per heavy atom. The van der Waals surface area contributed by atoms with E-state index in [-0.39, 0.29) is 17.4 Å². The lowest BCUT2D eigenvalue weighted by molar-refractivity contribution is -0.119. The van der Waals surface area contributed by atoms with Crippen molar-refractivity contribution in [2.45, 2.75) is 39.0 Å². The second kappa shape index (κ2) is 5.13. The fourth-order valence-corrected chi connectivity index (χ4v) is 1.15. The van der Waals surface area contributed by atoms with Gasteiger partial charge in [0.05, 0.1) is 6.54 Å². The van der Waals surface area contributed by atoms with Gasteiger partial charge in [-0.15, -0.1) is 5.10 Å². The molecule has 5 nitrogen and oxygen atoms in total. The Labute approximate surface area is 103 Å². The number of aromatic nitrogens is 2. The minimum Gasteiger partial charge on any atom is -0.407 e. The predicted molar refractivity (Wildman–Crippen MR) is 60.2 cm³/mol. The Hall–Kier alpha value is -1.31. The highest BCUT2D eigenvalue weighted by Gasteiger charge is 2.31. The lowest BCUT2D eigenvalue weighted by Gasteiger charge is -2.19. The van der Waals surface area contributed by atoms with E-state index in [1.807, 2.05) is 20.8 Å². The predicted octanol–water partition coefficient (Wildman–Crippen LogP) is 1.96. The molecule has 18 heavy (non-hydrogen) atoms. The molecular formula is C10H17F3N4O. The van der Waals surface area contributed by atoms with Gasteiger partial charge in [-0.3, -0.25) is 0 Å². The van der Waals surface area contributed by atoms with Crippen molar-refractivity contribution in [2.24, 2.45) is 0 Å². The Morgan fingerprint density at radius 2 is 1.83 bits per heavy atom. The van der Waals surface area contributed by atoms with Crippen molar-refractivity contribution >= 4 is 6.01 Å². The van der Waals surface area contributed by atoms with Crippen molar-refractivity contribution < 1.29 is 17.6 Å². The molecule has 0 aliphatic heterocycles. The largest absolute Gasteiger partial charge is 0.407 e. The molecule has 0 radical (unpaired) electrons. The fourth-order valence-electron chi connectivity index (χ4n) is 1.15. The number of alkyl halides is 3.